The van der Waals surface area contributed by atoms with E-state index < -0.39 is 34.6 Å². The van der Waals surface area contributed by atoms with Gasteiger partial charge in [-0.15, -0.1) is 0 Å². The average molecular weight is 601 g/mol. The second kappa shape index (κ2) is 9.79. The van der Waals surface area contributed by atoms with Crippen molar-refractivity contribution in [3.8, 4) is 34.0 Å². The third-order valence-electron chi connectivity index (χ3n) is 8.21. The SMILES string of the molecule is N#Cc1ccc2oc3ccc(-c4ccc5c(c4)c4cc(-c6c(F)c(F)c(F)c(F)c6F)ccc4n5-c4ccccc4)cc3c2c1. The van der Waals surface area contributed by atoms with Gasteiger partial charge in [0.05, 0.1) is 28.2 Å². The number of hydrogen-bond donors (Lipinski definition) is 0. The van der Waals surface area contributed by atoms with Crippen molar-refractivity contribution in [1.29, 1.82) is 5.26 Å². The van der Waals surface area contributed by atoms with Gasteiger partial charge in [0.2, 0.25) is 5.82 Å². The van der Waals surface area contributed by atoms with Crippen LogP contribution in [0.25, 0.3) is 71.7 Å². The van der Waals surface area contributed by atoms with E-state index >= 15 is 0 Å². The largest absolute Gasteiger partial charge is 0.456 e. The van der Waals surface area contributed by atoms with Gasteiger partial charge in [-0.2, -0.15) is 5.26 Å². The Labute approximate surface area is 251 Å². The molecule has 0 aliphatic carbocycles. The van der Waals surface area contributed by atoms with Gasteiger partial charge in [-0.05, 0) is 83.4 Å². The molecule has 8 aromatic rings. The molecule has 0 bridgehead atoms. The lowest BCUT2D eigenvalue weighted by atomic mass is 9.98. The van der Waals surface area contributed by atoms with Crippen molar-refractivity contribution in [1.82, 2.24) is 4.57 Å². The van der Waals surface area contributed by atoms with Gasteiger partial charge in [0.1, 0.15) is 11.2 Å². The number of rotatable bonds is 3. The molecule has 0 aliphatic heterocycles. The molecule has 0 saturated carbocycles. The summed E-state index contributed by atoms with van der Waals surface area (Å²) < 4.78 is 79.8. The van der Waals surface area contributed by atoms with Crippen molar-refractivity contribution in [3.05, 3.63) is 138 Å². The topological polar surface area (TPSA) is 41.9 Å². The van der Waals surface area contributed by atoms with Crippen molar-refractivity contribution >= 4 is 43.7 Å². The molecule has 0 radical (unpaired) electrons. The number of nitrogens with zero attached hydrogens (tertiary/aromatic N) is 2. The first-order valence-electron chi connectivity index (χ1n) is 13.9. The monoisotopic (exact) mass is 600 g/mol. The molecule has 2 aromatic heterocycles. The van der Waals surface area contributed by atoms with E-state index in [4.69, 9.17) is 4.42 Å². The maximum absolute atomic E-state index is 14.9. The summed E-state index contributed by atoms with van der Waals surface area (Å²) in [4.78, 5) is 0. The molecule has 0 amide bonds. The average Bonchev–Trinajstić information content (AvgIpc) is 3.61. The zero-order valence-electron chi connectivity index (χ0n) is 23.0. The fourth-order valence-electron chi connectivity index (χ4n) is 6.10. The lowest BCUT2D eigenvalue weighted by molar-refractivity contribution is 0.381. The molecule has 0 aliphatic rings. The number of para-hydroxylation sites is 1. The third kappa shape index (κ3) is 3.94. The van der Waals surface area contributed by atoms with Crippen molar-refractivity contribution in [2.24, 2.45) is 0 Å². The molecule has 0 spiro atoms. The summed E-state index contributed by atoms with van der Waals surface area (Å²) in [6.07, 6.45) is 0. The maximum atomic E-state index is 14.9. The number of aromatic nitrogens is 1. The maximum Gasteiger partial charge on any atom is 0.200 e. The highest BCUT2D eigenvalue weighted by atomic mass is 19.2. The first kappa shape index (κ1) is 26.7. The molecule has 8 rings (SSSR count). The Balaban J connectivity index is 1.39. The van der Waals surface area contributed by atoms with Crippen molar-refractivity contribution in [2.45, 2.75) is 0 Å². The van der Waals surface area contributed by atoms with Crippen molar-refractivity contribution in [2.75, 3.05) is 0 Å². The van der Waals surface area contributed by atoms with E-state index in [-0.39, 0.29) is 5.56 Å². The van der Waals surface area contributed by atoms with Crippen LogP contribution in [0, 0.1) is 40.4 Å². The highest BCUT2D eigenvalue weighted by Crippen LogP contribution is 2.40. The van der Waals surface area contributed by atoms with Crippen LogP contribution in [0.3, 0.4) is 0 Å². The Bertz CT molecular complexity index is 2530. The first-order chi connectivity index (χ1) is 21.8. The number of halogens is 5. The van der Waals surface area contributed by atoms with Gasteiger partial charge in [-0.1, -0.05) is 36.4 Å². The summed E-state index contributed by atoms with van der Waals surface area (Å²) in [6, 6.07) is 32.9. The van der Waals surface area contributed by atoms with Crippen LogP contribution < -0.4 is 0 Å². The number of furan rings is 1. The molecular formula is C37H17F5N2O. The van der Waals surface area contributed by atoms with Crippen LogP contribution in [0.1, 0.15) is 5.56 Å². The Kier molecular flexibility index (Phi) is 5.80. The summed E-state index contributed by atoms with van der Waals surface area (Å²) in [7, 11) is 0. The molecule has 8 heteroatoms. The molecule has 3 nitrogen and oxygen atoms in total. The second-order valence-corrected chi connectivity index (χ2v) is 10.7. The van der Waals surface area contributed by atoms with Gasteiger partial charge in [0, 0.05) is 27.2 Å². The van der Waals surface area contributed by atoms with Gasteiger partial charge in [0.15, 0.2) is 23.3 Å². The van der Waals surface area contributed by atoms with E-state index in [1.54, 1.807) is 24.3 Å². The summed E-state index contributed by atoms with van der Waals surface area (Å²) in [5.41, 5.74) is 4.66. The highest BCUT2D eigenvalue weighted by Gasteiger charge is 2.27. The minimum atomic E-state index is -2.20. The predicted molar refractivity (Wildman–Crippen MR) is 163 cm³/mol. The molecule has 0 saturated heterocycles. The lowest BCUT2D eigenvalue weighted by Gasteiger charge is -2.10. The van der Waals surface area contributed by atoms with Gasteiger partial charge in [0.25, 0.3) is 0 Å². The Morgan fingerprint density at radius 2 is 1.02 bits per heavy atom. The molecule has 216 valence electrons. The van der Waals surface area contributed by atoms with Crippen LogP contribution in [0.15, 0.2) is 108 Å². The van der Waals surface area contributed by atoms with Crippen LogP contribution >= 0.6 is 0 Å². The molecule has 0 unspecified atom stereocenters. The van der Waals surface area contributed by atoms with E-state index in [1.165, 1.54) is 12.1 Å². The minimum Gasteiger partial charge on any atom is -0.456 e. The van der Waals surface area contributed by atoms with E-state index in [1.807, 2.05) is 71.3 Å². The van der Waals surface area contributed by atoms with Crippen LogP contribution in [0.2, 0.25) is 0 Å². The first-order valence-corrected chi connectivity index (χ1v) is 13.9. The highest BCUT2D eigenvalue weighted by molar-refractivity contribution is 6.12. The predicted octanol–water partition coefficient (Wildman–Crippen LogP) is 10.6. The summed E-state index contributed by atoms with van der Waals surface area (Å²) >= 11 is 0. The molecule has 45 heavy (non-hydrogen) atoms. The standard InChI is InChI=1S/C37H17F5N2O/c38-33-32(34(39)36(41)37(42)35(33)40)22-8-11-29-25(17-22)24-15-20(7-10-28(24)44(29)23-4-2-1-3-5-23)21-9-13-31-27(16-21)26-14-19(18-43)6-12-30(26)45-31/h1-17H. The molecule has 6 aromatic carbocycles. The lowest BCUT2D eigenvalue weighted by Crippen LogP contribution is -2.04. The molecule has 0 N–H and O–H groups in total. The third-order valence-corrected chi connectivity index (χ3v) is 8.21. The van der Waals surface area contributed by atoms with E-state index in [2.05, 4.69) is 6.07 Å². The zero-order valence-corrected chi connectivity index (χ0v) is 23.0. The fourth-order valence-corrected chi connectivity index (χ4v) is 6.10. The normalized spacial score (nSPS) is 11.6. The number of benzene rings is 6. The van der Waals surface area contributed by atoms with Gasteiger partial charge < -0.3 is 8.98 Å². The second-order valence-electron chi connectivity index (χ2n) is 10.7. The Morgan fingerprint density at radius 1 is 0.511 bits per heavy atom. The minimum absolute atomic E-state index is 0.146. The van der Waals surface area contributed by atoms with Crippen LogP contribution in [-0.4, -0.2) is 4.57 Å². The zero-order chi connectivity index (χ0) is 31.0. The van der Waals surface area contributed by atoms with E-state index in [0.717, 1.165) is 33.1 Å². The quantitative estimate of drug-likeness (QED) is 0.115. The Morgan fingerprint density at radius 3 is 1.67 bits per heavy atom. The summed E-state index contributed by atoms with van der Waals surface area (Å²) in [5, 5.41) is 12.3. The van der Waals surface area contributed by atoms with Gasteiger partial charge in [-0.25, -0.2) is 22.0 Å². The molecular weight excluding hydrogens is 583 g/mol. The van der Waals surface area contributed by atoms with Crippen LogP contribution in [0.5, 0.6) is 0 Å². The van der Waals surface area contributed by atoms with Gasteiger partial charge >= 0.3 is 0 Å². The van der Waals surface area contributed by atoms with E-state index in [9.17, 15) is 27.2 Å². The number of hydrogen-bond acceptors (Lipinski definition) is 2. The van der Waals surface area contributed by atoms with Crippen LogP contribution in [0.4, 0.5) is 22.0 Å². The number of nitriles is 1. The molecule has 2 heterocycles. The van der Waals surface area contributed by atoms with Crippen LogP contribution in [-0.2, 0) is 0 Å². The molecule has 0 atom stereocenters. The Hall–Kier alpha value is -5.94. The van der Waals surface area contributed by atoms with Crippen molar-refractivity contribution < 1.29 is 26.4 Å². The van der Waals surface area contributed by atoms with E-state index in [0.29, 0.717) is 33.0 Å². The van der Waals surface area contributed by atoms with Gasteiger partial charge in [-0.3, -0.25) is 0 Å². The fraction of sp³-hybridized carbons (Fsp3) is 0. The summed E-state index contributed by atoms with van der Waals surface area (Å²) in [6.45, 7) is 0. The van der Waals surface area contributed by atoms with Crippen molar-refractivity contribution in [3.63, 3.8) is 0 Å². The number of fused-ring (bicyclic) bond motifs is 6. The smallest absolute Gasteiger partial charge is 0.200 e. The summed E-state index contributed by atoms with van der Waals surface area (Å²) in [5.74, 6) is -9.98. The molecule has 0 fully saturated rings.